The van der Waals surface area contributed by atoms with E-state index in [1.54, 1.807) is 28.8 Å². The lowest BCUT2D eigenvalue weighted by molar-refractivity contribution is 0.170. The summed E-state index contributed by atoms with van der Waals surface area (Å²) >= 11 is 0. The Morgan fingerprint density at radius 2 is 2.20 bits per heavy atom. The summed E-state index contributed by atoms with van der Waals surface area (Å²) in [7, 11) is 3.67. The molecule has 6 heteroatoms. The van der Waals surface area contributed by atoms with E-state index in [0.29, 0.717) is 12.1 Å². The smallest absolute Gasteiger partial charge is 0.138 e. The zero-order valence-electron chi connectivity index (χ0n) is 8.70. The standard InChI is InChI=1S/C9H13N5O/c1-13-4-7(11-6-13)8(15)3-9-10-5-12-14(9)2/h4-6,8,15H,3H2,1-2H3. The van der Waals surface area contributed by atoms with Crippen molar-refractivity contribution in [1.82, 2.24) is 24.3 Å². The van der Waals surface area contributed by atoms with Crippen LogP contribution in [0.25, 0.3) is 0 Å². The normalized spacial score (nSPS) is 13.0. The third-order valence-electron chi connectivity index (χ3n) is 2.25. The molecule has 1 N–H and O–H groups in total. The van der Waals surface area contributed by atoms with E-state index < -0.39 is 6.10 Å². The van der Waals surface area contributed by atoms with Gasteiger partial charge in [0.2, 0.25) is 0 Å². The Morgan fingerprint density at radius 1 is 1.40 bits per heavy atom. The Labute approximate surface area is 87.2 Å². The van der Waals surface area contributed by atoms with Gasteiger partial charge in [0.1, 0.15) is 18.3 Å². The second-order valence-corrected chi connectivity index (χ2v) is 3.48. The van der Waals surface area contributed by atoms with Gasteiger partial charge in [-0.15, -0.1) is 0 Å². The van der Waals surface area contributed by atoms with Crippen LogP contribution in [0.4, 0.5) is 0 Å². The molecule has 1 atom stereocenters. The van der Waals surface area contributed by atoms with Crippen LogP contribution in [-0.4, -0.2) is 29.4 Å². The van der Waals surface area contributed by atoms with Crippen molar-refractivity contribution in [3.8, 4) is 0 Å². The summed E-state index contributed by atoms with van der Waals surface area (Å²) < 4.78 is 3.45. The van der Waals surface area contributed by atoms with Crippen LogP contribution in [0.2, 0.25) is 0 Å². The molecule has 2 aromatic rings. The lowest BCUT2D eigenvalue weighted by Gasteiger charge is -2.06. The van der Waals surface area contributed by atoms with E-state index in [1.165, 1.54) is 6.33 Å². The van der Waals surface area contributed by atoms with Crippen LogP contribution in [0.3, 0.4) is 0 Å². The molecule has 2 heterocycles. The Hall–Kier alpha value is -1.69. The van der Waals surface area contributed by atoms with Crippen LogP contribution >= 0.6 is 0 Å². The van der Waals surface area contributed by atoms with Crippen molar-refractivity contribution in [2.24, 2.45) is 14.1 Å². The number of nitrogens with zero attached hydrogens (tertiary/aromatic N) is 5. The molecular weight excluding hydrogens is 194 g/mol. The van der Waals surface area contributed by atoms with Crippen LogP contribution in [-0.2, 0) is 20.5 Å². The Balaban J connectivity index is 2.10. The molecule has 2 aromatic heterocycles. The molecule has 0 amide bonds. The highest BCUT2D eigenvalue weighted by molar-refractivity contribution is 5.03. The fourth-order valence-corrected chi connectivity index (χ4v) is 1.39. The molecule has 0 bridgehead atoms. The minimum absolute atomic E-state index is 0.424. The number of hydrogen-bond acceptors (Lipinski definition) is 4. The Kier molecular flexibility index (Phi) is 2.51. The lowest BCUT2D eigenvalue weighted by Crippen LogP contribution is -2.07. The van der Waals surface area contributed by atoms with Gasteiger partial charge in [0.15, 0.2) is 0 Å². The molecule has 0 aliphatic carbocycles. The van der Waals surface area contributed by atoms with E-state index in [9.17, 15) is 5.11 Å². The molecule has 0 saturated carbocycles. The topological polar surface area (TPSA) is 68.8 Å². The van der Waals surface area contributed by atoms with Crippen LogP contribution in [0.5, 0.6) is 0 Å². The second kappa shape index (κ2) is 3.82. The lowest BCUT2D eigenvalue weighted by atomic mass is 10.2. The molecule has 0 fully saturated rings. The van der Waals surface area contributed by atoms with Crippen LogP contribution in [0.1, 0.15) is 17.6 Å². The number of hydrogen-bond donors (Lipinski definition) is 1. The zero-order valence-corrected chi connectivity index (χ0v) is 8.70. The Morgan fingerprint density at radius 3 is 2.73 bits per heavy atom. The highest BCUT2D eigenvalue weighted by atomic mass is 16.3. The van der Waals surface area contributed by atoms with Gasteiger partial charge in [-0.25, -0.2) is 9.97 Å². The molecule has 80 valence electrons. The molecule has 0 aliphatic rings. The van der Waals surface area contributed by atoms with Gasteiger partial charge in [-0.05, 0) is 0 Å². The first kappa shape index (κ1) is 9.85. The summed E-state index contributed by atoms with van der Waals surface area (Å²) in [4.78, 5) is 8.13. The van der Waals surface area contributed by atoms with Crippen molar-refractivity contribution in [2.45, 2.75) is 12.5 Å². The number of aliphatic hydroxyl groups excluding tert-OH is 1. The Bertz CT molecular complexity index is 447. The third-order valence-corrected chi connectivity index (χ3v) is 2.25. The van der Waals surface area contributed by atoms with E-state index >= 15 is 0 Å². The summed E-state index contributed by atoms with van der Waals surface area (Å²) in [6.45, 7) is 0. The van der Waals surface area contributed by atoms with Gasteiger partial charge < -0.3 is 9.67 Å². The average Bonchev–Trinajstić information content (AvgIpc) is 2.77. The average molecular weight is 207 g/mol. The summed E-state index contributed by atoms with van der Waals surface area (Å²) in [5.74, 6) is 0.744. The van der Waals surface area contributed by atoms with Gasteiger partial charge in [0, 0.05) is 26.7 Å². The van der Waals surface area contributed by atoms with Gasteiger partial charge in [-0.1, -0.05) is 0 Å². The van der Waals surface area contributed by atoms with Crippen LogP contribution < -0.4 is 0 Å². The number of aryl methyl sites for hydroxylation is 2. The van der Waals surface area contributed by atoms with Crippen LogP contribution in [0.15, 0.2) is 18.9 Å². The number of imidazole rings is 1. The molecule has 1 unspecified atom stereocenters. The molecule has 0 saturated heterocycles. The number of rotatable bonds is 3. The van der Waals surface area contributed by atoms with E-state index in [-0.39, 0.29) is 0 Å². The molecule has 2 rings (SSSR count). The zero-order chi connectivity index (χ0) is 10.8. The second-order valence-electron chi connectivity index (χ2n) is 3.48. The van der Waals surface area contributed by atoms with Crippen molar-refractivity contribution in [2.75, 3.05) is 0 Å². The maximum absolute atomic E-state index is 9.87. The summed E-state index contributed by atoms with van der Waals surface area (Å²) in [5, 5.41) is 13.8. The fourth-order valence-electron chi connectivity index (χ4n) is 1.39. The maximum Gasteiger partial charge on any atom is 0.138 e. The molecule has 0 aliphatic heterocycles. The van der Waals surface area contributed by atoms with Crippen molar-refractivity contribution in [3.63, 3.8) is 0 Å². The predicted octanol–water partition coefficient (Wildman–Crippen LogP) is -0.175. The van der Waals surface area contributed by atoms with E-state index in [0.717, 1.165) is 5.82 Å². The molecule has 15 heavy (non-hydrogen) atoms. The minimum atomic E-state index is -0.630. The summed E-state index contributed by atoms with van der Waals surface area (Å²) in [5.41, 5.74) is 0.653. The number of aliphatic hydroxyl groups is 1. The predicted molar refractivity (Wildman–Crippen MR) is 52.9 cm³/mol. The SMILES string of the molecule is Cn1cnc(C(O)Cc2ncnn2C)c1. The maximum atomic E-state index is 9.87. The van der Waals surface area contributed by atoms with Crippen molar-refractivity contribution >= 4 is 0 Å². The molecule has 0 radical (unpaired) electrons. The summed E-state index contributed by atoms with van der Waals surface area (Å²) in [6.07, 6.45) is 4.72. The van der Waals surface area contributed by atoms with Crippen LogP contribution in [0, 0.1) is 0 Å². The summed E-state index contributed by atoms with van der Waals surface area (Å²) in [6, 6.07) is 0. The first-order valence-electron chi connectivity index (χ1n) is 4.65. The monoisotopic (exact) mass is 207 g/mol. The largest absolute Gasteiger partial charge is 0.386 e. The van der Waals surface area contributed by atoms with Crippen molar-refractivity contribution in [1.29, 1.82) is 0 Å². The minimum Gasteiger partial charge on any atom is -0.386 e. The van der Waals surface area contributed by atoms with Crippen molar-refractivity contribution < 1.29 is 5.11 Å². The molecule has 6 nitrogen and oxygen atoms in total. The third kappa shape index (κ3) is 2.04. The molecular formula is C9H13N5O. The van der Waals surface area contributed by atoms with Gasteiger partial charge in [-0.3, -0.25) is 4.68 Å². The molecule has 0 spiro atoms. The van der Waals surface area contributed by atoms with Crippen molar-refractivity contribution in [3.05, 3.63) is 30.4 Å². The van der Waals surface area contributed by atoms with E-state index in [4.69, 9.17) is 0 Å². The van der Waals surface area contributed by atoms with Gasteiger partial charge in [0.25, 0.3) is 0 Å². The highest BCUT2D eigenvalue weighted by Gasteiger charge is 2.13. The molecule has 0 aromatic carbocycles. The first-order chi connectivity index (χ1) is 7.16. The van der Waals surface area contributed by atoms with Gasteiger partial charge in [-0.2, -0.15) is 5.10 Å². The van der Waals surface area contributed by atoms with Gasteiger partial charge >= 0.3 is 0 Å². The number of aromatic nitrogens is 5. The fraction of sp³-hybridized carbons (Fsp3) is 0.444. The van der Waals surface area contributed by atoms with E-state index in [2.05, 4.69) is 15.1 Å². The highest BCUT2D eigenvalue weighted by Crippen LogP contribution is 2.13. The quantitative estimate of drug-likeness (QED) is 0.758. The van der Waals surface area contributed by atoms with E-state index in [1.807, 2.05) is 7.05 Å². The van der Waals surface area contributed by atoms with Gasteiger partial charge in [0.05, 0.1) is 12.0 Å². The first-order valence-corrected chi connectivity index (χ1v) is 4.65.